The van der Waals surface area contributed by atoms with Gasteiger partial charge in [0, 0.05) is 43.3 Å². The van der Waals surface area contributed by atoms with E-state index in [2.05, 4.69) is 21.8 Å². The lowest BCUT2D eigenvalue weighted by Gasteiger charge is -2.51. The first-order valence-electron chi connectivity index (χ1n) is 16.5. The number of methoxy groups -OCH3 is 2. The van der Waals surface area contributed by atoms with Gasteiger partial charge in [-0.15, -0.1) is 0 Å². The molecule has 2 bridgehead atoms. The normalized spacial score (nSPS) is 31.5. The average molecular weight is 659 g/mol. The standard InChI is InChI=1S/C35H47ClN2O6S/c1-4-28-9-5-6-17-35(43-3,23-42-2)30-13-10-26(30)20-38-21-34(16-7-8-24-18-27(36)12-14-29(24)34)22-44-32-15-11-25(19-31(32)38)33(39)37-45(28,40)41/h11-12,14-15,18-19,26,28,30H,4-10,13,16-17,20-23H2,1-3H3,(H,37,39)/t26-,28+,30+,34-,35+/m0/s1. The Kier molecular flexibility index (Phi) is 9.46. The van der Waals surface area contributed by atoms with E-state index >= 15 is 0 Å². The Morgan fingerprint density at radius 1 is 1.07 bits per heavy atom. The Hall–Kier alpha value is -2.33. The number of rotatable bonds is 4. The van der Waals surface area contributed by atoms with Crippen molar-refractivity contribution in [3.05, 3.63) is 58.1 Å². The number of nitrogens with zero attached hydrogens (tertiary/aromatic N) is 1. The summed E-state index contributed by atoms with van der Waals surface area (Å²) in [4.78, 5) is 15.9. The molecule has 0 saturated heterocycles. The summed E-state index contributed by atoms with van der Waals surface area (Å²) in [5.74, 6) is 0.782. The first kappa shape index (κ1) is 32.6. The maximum atomic E-state index is 13.5. The van der Waals surface area contributed by atoms with Crippen molar-refractivity contribution in [3.8, 4) is 5.75 Å². The monoisotopic (exact) mass is 658 g/mol. The van der Waals surface area contributed by atoms with Gasteiger partial charge in [0.05, 0.1) is 29.8 Å². The molecule has 0 unspecified atom stereocenters. The van der Waals surface area contributed by atoms with Crippen LogP contribution in [0, 0.1) is 11.8 Å². The van der Waals surface area contributed by atoms with Crippen molar-refractivity contribution in [1.82, 2.24) is 4.72 Å². The van der Waals surface area contributed by atoms with Gasteiger partial charge < -0.3 is 19.1 Å². The third-order valence-corrected chi connectivity index (χ3v) is 13.3. The molecule has 2 aliphatic carbocycles. The minimum atomic E-state index is -3.86. The molecule has 2 aliphatic heterocycles. The largest absolute Gasteiger partial charge is 0.490 e. The van der Waals surface area contributed by atoms with Crippen molar-refractivity contribution >= 4 is 33.2 Å². The number of hydrogen-bond donors (Lipinski definition) is 1. The maximum absolute atomic E-state index is 13.5. The zero-order valence-electron chi connectivity index (χ0n) is 26.8. The summed E-state index contributed by atoms with van der Waals surface area (Å²) in [6.07, 6.45) is 8.41. The summed E-state index contributed by atoms with van der Waals surface area (Å²) in [6.45, 7) is 4.38. The molecule has 246 valence electrons. The van der Waals surface area contributed by atoms with Crippen LogP contribution in [0.25, 0.3) is 0 Å². The molecule has 45 heavy (non-hydrogen) atoms. The van der Waals surface area contributed by atoms with E-state index in [1.165, 1.54) is 11.1 Å². The molecule has 1 spiro atoms. The van der Waals surface area contributed by atoms with Crippen LogP contribution < -0.4 is 14.4 Å². The van der Waals surface area contributed by atoms with Crippen molar-refractivity contribution in [3.63, 3.8) is 0 Å². The van der Waals surface area contributed by atoms with Gasteiger partial charge in [-0.25, -0.2) is 13.1 Å². The summed E-state index contributed by atoms with van der Waals surface area (Å²) in [6, 6.07) is 11.6. The summed E-state index contributed by atoms with van der Waals surface area (Å²) in [5, 5.41) is 0.0986. The third-order valence-electron chi connectivity index (χ3n) is 11.1. The van der Waals surface area contributed by atoms with Crippen molar-refractivity contribution < 1.29 is 27.4 Å². The van der Waals surface area contributed by atoms with Crippen molar-refractivity contribution in [1.29, 1.82) is 0 Å². The lowest BCUT2D eigenvalue weighted by atomic mass is 9.63. The number of hydrogen-bond acceptors (Lipinski definition) is 7. The number of nitrogens with one attached hydrogen (secondary N) is 1. The fourth-order valence-electron chi connectivity index (χ4n) is 8.59. The number of fused-ring (bicyclic) bond motifs is 4. The van der Waals surface area contributed by atoms with Gasteiger partial charge in [-0.1, -0.05) is 37.4 Å². The number of sulfonamides is 1. The molecular formula is C35H47ClN2O6S. The zero-order valence-corrected chi connectivity index (χ0v) is 28.4. The molecule has 6 rings (SSSR count). The summed E-state index contributed by atoms with van der Waals surface area (Å²) in [7, 11) is -0.338. The minimum absolute atomic E-state index is 0.248. The molecule has 1 amide bonds. The fraction of sp³-hybridized carbons (Fsp3) is 0.629. The van der Waals surface area contributed by atoms with E-state index in [1.807, 2.05) is 25.1 Å². The van der Waals surface area contributed by atoms with Gasteiger partial charge in [-0.2, -0.15) is 0 Å². The van der Waals surface area contributed by atoms with Crippen LogP contribution in [0.15, 0.2) is 36.4 Å². The predicted molar refractivity (Wildman–Crippen MR) is 177 cm³/mol. The van der Waals surface area contributed by atoms with Crippen molar-refractivity contribution in [2.75, 3.05) is 45.4 Å². The van der Waals surface area contributed by atoms with Gasteiger partial charge in [-0.05, 0) is 105 Å². The number of ether oxygens (including phenoxy) is 3. The first-order valence-corrected chi connectivity index (χ1v) is 18.5. The molecular weight excluding hydrogens is 612 g/mol. The lowest BCUT2D eigenvalue weighted by Crippen LogP contribution is -2.55. The number of carbonyl (C=O) groups excluding carboxylic acids is 1. The molecule has 0 radical (unpaired) electrons. The molecule has 4 aliphatic rings. The molecule has 0 aromatic heterocycles. The van der Waals surface area contributed by atoms with E-state index in [0.29, 0.717) is 49.2 Å². The molecule has 10 heteroatoms. The topological polar surface area (TPSA) is 94.2 Å². The van der Waals surface area contributed by atoms with Crippen LogP contribution in [-0.4, -0.2) is 65.7 Å². The van der Waals surface area contributed by atoms with Gasteiger partial charge in [-0.3, -0.25) is 4.79 Å². The van der Waals surface area contributed by atoms with Gasteiger partial charge in [0.2, 0.25) is 10.0 Å². The Morgan fingerprint density at radius 3 is 2.64 bits per heavy atom. The van der Waals surface area contributed by atoms with E-state index in [1.54, 1.807) is 20.3 Å². The Bertz CT molecular complexity index is 1520. The van der Waals surface area contributed by atoms with Crippen LogP contribution in [-0.2, 0) is 31.3 Å². The minimum Gasteiger partial charge on any atom is -0.490 e. The second-order valence-electron chi connectivity index (χ2n) is 13.7. The second-order valence-corrected chi connectivity index (χ2v) is 16.1. The number of carbonyl (C=O) groups is 1. The maximum Gasteiger partial charge on any atom is 0.264 e. The molecule has 8 nitrogen and oxygen atoms in total. The van der Waals surface area contributed by atoms with Crippen LogP contribution in [0.3, 0.4) is 0 Å². The SMILES string of the molecule is CC[C@@H]1CCCC[C@](COC)(OC)[C@@H]2CC[C@H]2CN2C[C@@]3(CCCc4cc(Cl)ccc43)COc3ccc(cc32)C(=O)NS1(=O)=O. The highest BCUT2D eigenvalue weighted by Crippen LogP contribution is 2.49. The highest BCUT2D eigenvalue weighted by Gasteiger charge is 2.50. The van der Waals surface area contributed by atoms with E-state index in [-0.39, 0.29) is 5.41 Å². The van der Waals surface area contributed by atoms with E-state index in [0.717, 1.165) is 75.2 Å². The first-order chi connectivity index (χ1) is 21.6. The number of anilines is 1. The number of amides is 1. The summed E-state index contributed by atoms with van der Waals surface area (Å²) >= 11 is 6.44. The van der Waals surface area contributed by atoms with Gasteiger partial charge >= 0.3 is 0 Å². The number of aryl methyl sites for hydroxylation is 1. The van der Waals surface area contributed by atoms with E-state index in [4.69, 9.17) is 25.8 Å². The lowest BCUT2D eigenvalue weighted by molar-refractivity contribution is -0.147. The molecule has 2 aromatic rings. The second kappa shape index (κ2) is 13.1. The Labute approximate surface area is 273 Å². The number of benzene rings is 2. The van der Waals surface area contributed by atoms with Gasteiger partial charge in [0.25, 0.3) is 5.91 Å². The highest BCUT2D eigenvalue weighted by molar-refractivity contribution is 7.90. The van der Waals surface area contributed by atoms with Crippen LogP contribution in [0.5, 0.6) is 5.75 Å². The van der Waals surface area contributed by atoms with Crippen molar-refractivity contribution in [2.24, 2.45) is 11.8 Å². The van der Waals surface area contributed by atoms with Crippen molar-refractivity contribution in [2.45, 2.75) is 87.4 Å². The van der Waals surface area contributed by atoms with Crippen LogP contribution in [0.1, 0.15) is 86.2 Å². The van der Waals surface area contributed by atoms with Crippen LogP contribution >= 0.6 is 11.6 Å². The van der Waals surface area contributed by atoms with E-state index < -0.39 is 26.8 Å². The molecule has 2 aromatic carbocycles. The predicted octanol–water partition coefficient (Wildman–Crippen LogP) is 6.28. The zero-order chi connectivity index (χ0) is 31.8. The molecule has 1 N–H and O–H groups in total. The summed E-state index contributed by atoms with van der Waals surface area (Å²) in [5.41, 5.74) is 3.01. The highest BCUT2D eigenvalue weighted by atomic mass is 35.5. The molecule has 5 atom stereocenters. The molecule has 2 heterocycles. The van der Waals surface area contributed by atoms with Gasteiger partial charge in [0.15, 0.2) is 0 Å². The van der Waals surface area contributed by atoms with E-state index in [9.17, 15) is 13.2 Å². The smallest absolute Gasteiger partial charge is 0.264 e. The quantitative estimate of drug-likeness (QED) is 0.413. The van der Waals surface area contributed by atoms with Crippen LogP contribution in [0.2, 0.25) is 5.02 Å². The Morgan fingerprint density at radius 2 is 1.91 bits per heavy atom. The molecule has 1 saturated carbocycles. The van der Waals surface area contributed by atoms with Crippen LogP contribution in [0.4, 0.5) is 5.69 Å². The molecule has 1 fully saturated rings. The Balaban J connectivity index is 1.44. The fourth-order valence-corrected chi connectivity index (χ4v) is 10.2. The van der Waals surface area contributed by atoms with Gasteiger partial charge in [0.1, 0.15) is 5.75 Å². The number of halogens is 1. The summed E-state index contributed by atoms with van der Waals surface area (Å²) < 4.78 is 47.9. The average Bonchev–Trinajstić information content (AvgIpc) is 3.15. The third kappa shape index (κ3) is 6.22.